The molecule has 2 aromatic carbocycles. The molecule has 0 saturated heterocycles. The van der Waals surface area contributed by atoms with Gasteiger partial charge in [0.15, 0.2) is 0 Å². The first-order valence-corrected chi connectivity index (χ1v) is 9.49. The van der Waals surface area contributed by atoms with Gasteiger partial charge < -0.3 is 4.74 Å². The molecule has 3 aromatic rings. The van der Waals surface area contributed by atoms with Gasteiger partial charge in [0.25, 0.3) is 0 Å². The minimum atomic E-state index is 0.316. The summed E-state index contributed by atoms with van der Waals surface area (Å²) in [7, 11) is 0. The minimum Gasteiger partial charge on any atom is -0.489 e. The van der Waals surface area contributed by atoms with E-state index in [0.29, 0.717) is 16.7 Å². The van der Waals surface area contributed by atoms with Crippen LogP contribution in [-0.4, -0.2) is 11.2 Å². The molecular weight excluding hydrogens is 389 g/mol. The van der Waals surface area contributed by atoms with E-state index in [1.165, 1.54) is 4.88 Å². The predicted molar refractivity (Wildman–Crippen MR) is 110 cm³/mol. The number of hydrogen-bond acceptors (Lipinski definition) is 5. The number of thiazole rings is 1. The molecule has 0 spiro atoms. The molecule has 0 radical (unpaired) electrons. The number of rotatable bonds is 6. The van der Waals surface area contributed by atoms with Crippen LogP contribution >= 0.6 is 34.5 Å². The van der Waals surface area contributed by atoms with Gasteiger partial charge in [0.2, 0.25) is 5.13 Å². The van der Waals surface area contributed by atoms with E-state index in [-0.39, 0.29) is 0 Å². The predicted octanol–water partition coefficient (Wildman–Crippen LogP) is 6.09. The Balaban J connectivity index is 1.57. The molecule has 0 unspecified atom stereocenters. The lowest BCUT2D eigenvalue weighted by Gasteiger charge is -2.09. The first-order valence-electron chi connectivity index (χ1n) is 7.92. The van der Waals surface area contributed by atoms with Crippen LogP contribution in [0, 0.1) is 13.8 Å². The molecule has 3 rings (SSSR count). The van der Waals surface area contributed by atoms with E-state index in [9.17, 15) is 0 Å². The average molecular weight is 406 g/mol. The highest BCUT2D eigenvalue weighted by Gasteiger charge is 2.06. The van der Waals surface area contributed by atoms with Gasteiger partial charge in [-0.05, 0) is 55.8 Å². The molecule has 7 heteroatoms. The third kappa shape index (κ3) is 4.75. The Morgan fingerprint density at radius 1 is 1.12 bits per heavy atom. The number of halogens is 2. The molecule has 0 aliphatic carbocycles. The zero-order valence-corrected chi connectivity index (χ0v) is 16.6. The van der Waals surface area contributed by atoms with Crippen LogP contribution in [0.5, 0.6) is 5.75 Å². The lowest BCUT2D eigenvalue weighted by molar-refractivity contribution is 0.306. The van der Waals surface area contributed by atoms with E-state index < -0.39 is 0 Å². The van der Waals surface area contributed by atoms with Gasteiger partial charge in [-0.25, -0.2) is 4.98 Å². The second-order valence-corrected chi connectivity index (χ2v) is 7.61. The Bertz CT molecular complexity index is 883. The van der Waals surface area contributed by atoms with Crippen molar-refractivity contribution >= 4 is 45.9 Å². The molecule has 1 aromatic heterocycles. The van der Waals surface area contributed by atoms with Crippen LogP contribution in [0.2, 0.25) is 10.0 Å². The van der Waals surface area contributed by atoms with Crippen LogP contribution in [0.3, 0.4) is 0 Å². The van der Waals surface area contributed by atoms with Crippen molar-refractivity contribution in [2.45, 2.75) is 20.5 Å². The van der Waals surface area contributed by atoms with Crippen LogP contribution in [0.1, 0.15) is 21.7 Å². The fraction of sp³-hybridized carbons (Fsp3) is 0.158. The first-order chi connectivity index (χ1) is 12.5. The lowest BCUT2D eigenvalue weighted by Crippen LogP contribution is -1.97. The molecule has 0 fully saturated rings. The molecule has 1 N–H and O–H groups in total. The molecule has 0 aliphatic rings. The molecule has 134 valence electrons. The number of nitrogens with one attached hydrogen (secondary N) is 1. The largest absolute Gasteiger partial charge is 0.489 e. The summed E-state index contributed by atoms with van der Waals surface area (Å²) in [6, 6.07) is 13.0. The topological polar surface area (TPSA) is 46.5 Å². The molecule has 26 heavy (non-hydrogen) atoms. The quantitative estimate of drug-likeness (QED) is 0.398. The van der Waals surface area contributed by atoms with Gasteiger partial charge in [-0.3, -0.25) is 5.43 Å². The van der Waals surface area contributed by atoms with Gasteiger partial charge in [-0.15, -0.1) is 11.3 Å². The van der Waals surface area contributed by atoms with Gasteiger partial charge in [-0.1, -0.05) is 29.3 Å². The lowest BCUT2D eigenvalue weighted by atomic mass is 10.2. The molecule has 1 heterocycles. The summed E-state index contributed by atoms with van der Waals surface area (Å²) in [5, 5.41) is 6.19. The first kappa shape index (κ1) is 18.7. The number of hydrazone groups is 1. The summed E-state index contributed by atoms with van der Waals surface area (Å²) < 4.78 is 5.76. The summed E-state index contributed by atoms with van der Waals surface area (Å²) in [6.45, 7) is 4.34. The van der Waals surface area contributed by atoms with Crippen molar-refractivity contribution in [1.29, 1.82) is 0 Å². The Morgan fingerprint density at radius 3 is 2.42 bits per heavy atom. The third-order valence-corrected chi connectivity index (χ3v) is 5.41. The van der Waals surface area contributed by atoms with Crippen molar-refractivity contribution in [3.05, 3.63) is 74.2 Å². The maximum absolute atomic E-state index is 6.15. The van der Waals surface area contributed by atoms with Gasteiger partial charge >= 0.3 is 0 Å². The Kier molecular flexibility index (Phi) is 6.14. The summed E-state index contributed by atoms with van der Waals surface area (Å²) in [4.78, 5) is 5.56. The van der Waals surface area contributed by atoms with Crippen LogP contribution in [0.25, 0.3) is 0 Å². The normalized spacial score (nSPS) is 11.1. The maximum Gasteiger partial charge on any atom is 0.203 e. The molecule has 0 aliphatic heterocycles. The fourth-order valence-corrected chi connectivity index (χ4v) is 3.43. The van der Waals surface area contributed by atoms with Crippen LogP contribution in [0.15, 0.2) is 47.6 Å². The zero-order valence-electron chi connectivity index (χ0n) is 14.3. The van der Waals surface area contributed by atoms with E-state index >= 15 is 0 Å². The van der Waals surface area contributed by atoms with E-state index in [2.05, 4.69) is 15.5 Å². The molecular formula is C19H17Cl2N3OS. The zero-order chi connectivity index (χ0) is 18.5. The second kappa shape index (κ2) is 8.54. The van der Waals surface area contributed by atoms with Crippen molar-refractivity contribution < 1.29 is 4.74 Å². The van der Waals surface area contributed by atoms with Gasteiger partial charge in [0.1, 0.15) is 12.4 Å². The number of ether oxygens (including phenoxy) is 1. The SMILES string of the molecule is Cc1nc(N/N=C/c2ccc(OCc3c(Cl)cccc3Cl)cc2)sc1C. The van der Waals surface area contributed by atoms with Crippen LogP contribution in [-0.2, 0) is 6.61 Å². The Labute approximate surface area is 166 Å². The number of hydrogen-bond donors (Lipinski definition) is 1. The van der Waals surface area contributed by atoms with Crippen molar-refractivity contribution in [3.63, 3.8) is 0 Å². The van der Waals surface area contributed by atoms with Gasteiger partial charge in [0.05, 0.1) is 11.9 Å². The number of nitrogens with zero attached hydrogens (tertiary/aromatic N) is 2. The van der Waals surface area contributed by atoms with E-state index in [0.717, 1.165) is 27.7 Å². The third-order valence-electron chi connectivity index (χ3n) is 3.73. The van der Waals surface area contributed by atoms with Crippen molar-refractivity contribution in [3.8, 4) is 5.75 Å². The average Bonchev–Trinajstić information content (AvgIpc) is 2.93. The van der Waals surface area contributed by atoms with Crippen molar-refractivity contribution in [2.75, 3.05) is 5.43 Å². The number of benzene rings is 2. The maximum atomic E-state index is 6.15. The number of aryl methyl sites for hydroxylation is 2. The van der Waals surface area contributed by atoms with Crippen molar-refractivity contribution in [2.24, 2.45) is 5.10 Å². The van der Waals surface area contributed by atoms with Crippen LogP contribution < -0.4 is 10.2 Å². The highest BCUT2D eigenvalue weighted by molar-refractivity contribution is 7.15. The standard InChI is InChI=1S/C19H17Cl2N3OS/c1-12-13(2)26-19(23-12)24-22-10-14-6-8-15(9-7-14)25-11-16-17(20)4-3-5-18(16)21/h3-10H,11H2,1-2H3,(H,23,24)/b22-10+. The van der Waals surface area contributed by atoms with Crippen molar-refractivity contribution in [1.82, 2.24) is 4.98 Å². The monoisotopic (exact) mass is 405 g/mol. The summed E-state index contributed by atoms with van der Waals surface area (Å²) in [5.41, 5.74) is 5.69. The summed E-state index contributed by atoms with van der Waals surface area (Å²) in [6.07, 6.45) is 1.74. The van der Waals surface area contributed by atoms with E-state index in [4.69, 9.17) is 27.9 Å². The second-order valence-electron chi connectivity index (χ2n) is 5.59. The van der Waals surface area contributed by atoms with Crippen LogP contribution in [0.4, 0.5) is 5.13 Å². The summed E-state index contributed by atoms with van der Waals surface area (Å²) in [5.74, 6) is 0.734. The molecule has 4 nitrogen and oxygen atoms in total. The molecule has 0 atom stereocenters. The fourth-order valence-electron chi connectivity index (χ4n) is 2.16. The smallest absolute Gasteiger partial charge is 0.203 e. The Hall–Kier alpha value is -2.08. The minimum absolute atomic E-state index is 0.316. The van der Waals surface area contributed by atoms with Gasteiger partial charge in [-0.2, -0.15) is 5.10 Å². The number of aromatic nitrogens is 1. The number of anilines is 1. The molecule has 0 saturated carbocycles. The Morgan fingerprint density at radius 2 is 1.81 bits per heavy atom. The summed E-state index contributed by atoms with van der Waals surface area (Å²) >= 11 is 13.9. The van der Waals surface area contributed by atoms with E-state index in [1.54, 1.807) is 29.7 Å². The van der Waals surface area contributed by atoms with E-state index in [1.807, 2.05) is 44.2 Å². The highest BCUT2D eigenvalue weighted by atomic mass is 35.5. The highest BCUT2D eigenvalue weighted by Crippen LogP contribution is 2.26. The molecule has 0 bridgehead atoms. The van der Waals surface area contributed by atoms with Gasteiger partial charge in [0, 0.05) is 20.5 Å². The molecule has 0 amide bonds.